The van der Waals surface area contributed by atoms with Crippen molar-refractivity contribution in [3.05, 3.63) is 16.6 Å². The first-order chi connectivity index (χ1) is 11.9. The first-order valence-electron chi connectivity index (χ1n) is 8.62. The summed E-state index contributed by atoms with van der Waals surface area (Å²) in [6.07, 6.45) is 2.77. The van der Waals surface area contributed by atoms with Crippen LogP contribution < -0.4 is 5.32 Å². The lowest BCUT2D eigenvalue weighted by Crippen LogP contribution is -2.46. The van der Waals surface area contributed by atoms with Crippen molar-refractivity contribution >= 4 is 23.3 Å². The van der Waals surface area contributed by atoms with Gasteiger partial charge in [0.2, 0.25) is 0 Å². The number of nitrogens with zero attached hydrogens (tertiary/aromatic N) is 2. The van der Waals surface area contributed by atoms with Crippen molar-refractivity contribution in [1.82, 2.24) is 15.2 Å². The summed E-state index contributed by atoms with van der Waals surface area (Å²) < 4.78 is 10.8. The molecule has 0 radical (unpaired) electrons. The summed E-state index contributed by atoms with van der Waals surface area (Å²) in [6.45, 7) is 7.59. The van der Waals surface area contributed by atoms with Crippen molar-refractivity contribution in [2.24, 2.45) is 0 Å². The molecular weight excluding hydrogens is 342 g/mol. The highest BCUT2D eigenvalue weighted by atomic mass is 32.1. The van der Waals surface area contributed by atoms with Crippen LogP contribution >= 0.6 is 11.3 Å². The summed E-state index contributed by atoms with van der Waals surface area (Å²) in [6, 6.07) is 0. The third kappa shape index (κ3) is 6.72. The summed E-state index contributed by atoms with van der Waals surface area (Å²) >= 11 is 1.59. The molecule has 0 bridgehead atoms. The number of carbonyl (C=O) groups is 2. The van der Waals surface area contributed by atoms with Gasteiger partial charge in [0.05, 0.1) is 0 Å². The van der Waals surface area contributed by atoms with Crippen molar-refractivity contribution in [1.29, 1.82) is 0 Å². The number of hydrogen-bond donors (Lipinski definition) is 1. The number of nitrogens with one attached hydrogen (secondary N) is 1. The highest BCUT2D eigenvalue weighted by Gasteiger charge is 2.33. The minimum Gasteiger partial charge on any atom is -0.443 e. The Kier molecular flexibility index (Phi) is 7.34. The van der Waals surface area contributed by atoms with Gasteiger partial charge in [-0.3, -0.25) is 4.79 Å². The molecule has 2 amide bonds. The fraction of sp³-hybridized carbons (Fsp3) is 0.706. The Morgan fingerprint density at radius 3 is 2.88 bits per heavy atom. The second kappa shape index (κ2) is 9.26. The number of imide groups is 1. The SMILES string of the molecule is CC(C)(C)OC(=O)N(CCCNCc1nccs1)C(=O)C1CCCO1. The molecule has 8 heteroatoms. The lowest BCUT2D eigenvalue weighted by molar-refractivity contribution is -0.139. The van der Waals surface area contributed by atoms with Gasteiger partial charge in [0, 0.05) is 31.3 Å². The minimum atomic E-state index is -0.644. The number of carbonyl (C=O) groups excluding carboxylic acids is 2. The minimum absolute atomic E-state index is 0.299. The van der Waals surface area contributed by atoms with E-state index in [9.17, 15) is 9.59 Å². The fourth-order valence-corrected chi connectivity index (χ4v) is 3.04. The molecule has 1 N–H and O–H groups in total. The summed E-state index contributed by atoms with van der Waals surface area (Å²) in [7, 11) is 0. The second-order valence-corrected chi connectivity index (χ2v) is 7.91. The van der Waals surface area contributed by atoms with Gasteiger partial charge < -0.3 is 14.8 Å². The number of thiazole rings is 1. The van der Waals surface area contributed by atoms with E-state index in [4.69, 9.17) is 9.47 Å². The van der Waals surface area contributed by atoms with E-state index < -0.39 is 17.8 Å². The van der Waals surface area contributed by atoms with Crippen molar-refractivity contribution in [2.75, 3.05) is 19.7 Å². The Labute approximate surface area is 152 Å². The highest BCUT2D eigenvalue weighted by molar-refractivity contribution is 7.09. The van der Waals surface area contributed by atoms with Crippen LogP contribution in [0.2, 0.25) is 0 Å². The topological polar surface area (TPSA) is 80.8 Å². The molecule has 1 aliphatic heterocycles. The average molecular weight is 369 g/mol. The van der Waals surface area contributed by atoms with Gasteiger partial charge in [-0.25, -0.2) is 14.7 Å². The summed E-state index contributed by atoms with van der Waals surface area (Å²) in [5, 5.41) is 6.21. The summed E-state index contributed by atoms with van der Waals surface area (Å²) in [5.41, 5.74) is -0.644. The van der Waals surface area contributed by atoms with E-state index in [1.165, 1.54) is 4.90 Å². The van der Waals surface area contributed by atoms with E-state index in [1.54, 1.807) is 38.3 Å². The van der Waals surface area contributed by atoms with E-state index in [0.29, 0.717) is 39.1 Å². The third-order valence-corrected chi connectivity index (χ3v) is 4.36. The van der Waals surface area contributed by atoms with Gasteiger partial charge in [0.15, 0.2) is 0 Å². The smallest absolute Gasteiger partial charge is 0.417 e. The quantitative estimate of drug-likeness (QED) is 0.744. The lowest BCUT2D eigenvalue weighted by atomic mass is 10.2. The van der Waals surface area contributed by atoms with Crippen LogP contribution in [0.3, 0.4) is 0 Å². The number of rotatable bonds is 7. The molecule has 2 rings (SSSR count). The Balaban J connectivity index is 1.84. The highest BCUT2D eigenvalue weighted by Crippen LogP contribution is 2.17. The maximum atomic E-state index is 12.6. The van der Waals surface area contributed by atoms with E-state index in [0.717, 1.165) is 11.4 Å². The molecule has 0 aliphatic carbocycles. The Morgan fingerprint density at radius 2 is 2.28 bits per heavy atom. The Hall–Kier alpha value is -1.51. The van der Waals surface area contributed by atoms with E-state index >= 15 is 0 Å². The van der Waals surface area contributed by atoms with Gasteiger partial charge in [-0.2, -0.15) is 0 Å². The molecule has 1 unspecified atom stereocenters. The molecule has 1 aromatic heterocycles. The number of hydrogen-bond acceptors (Lipinski definition) is 7. The summed E-state index contributed by atoms with van der Waals surface area (Å²) in [4.78, 5) is 30.4. The van der Waals surface area contributed by atoms with Crippen molar-refractivity contribution in [3.8, 4) is 0 Å². The molecule has 0 saturated carbocycles. The van der Waals surface area contributed by atoms with Crippen molar-refractivity contribution in [3.63, 3.8) is 0 Å². The van der Waals surface area contributed by atoms with Crippen LogP contribution in [0, 0.1) is 0 Å². The molecule has 1 atom stereocenters. The fourth-order valence-electron chi connectivity index (χ4n) is 2.45. The van der Waals surface area contributed by atoms with Gasteiger partial charge in [-0.15, -0.1) is 11.3 Å². The van der Waals surface area contributed by atoms with Gasteiger partial charge in [0.25, 0.3) is 5.91 Å². The van der Waals surface area contributed by atoms with E-state index in [2.05, 4.69) is 10.3 Å². The van der Waals surface area contributed by atoms with Crippen LogP contribution in [0.1, 0.15) is 45.0 Å². The molecule has 2 heterocycles. The standard InChI is InChI=1S/C17H27N3O4S/c1-17(2,3)24-16(22)20(15(21)13-6-4-10-23-13)9-5-7-18-12-14-19-8-11-25-14/h8,11,13,18H,4-7,9-10,12H2,1-3H3. The molecule has 1 saturated heterocycles. The molecule has 25 heavy (non-hydrogen) atoms. The van der Waals surface area contributed by atoms with Crippen LogP contribution in [0.15, 0.2) is 11.6 Å². The van der Waals surface area contributed by atoms with Gasteiger partial charge in [0.1, 0.15) is 16.7 Å². The van der Waals surface area contributed by atoms with Gasteiger partial charge >= 0.3 is 6.09 Å². The van der Waals surface area contributed by atoms with E-state index in [-0.39, 0.29) is 5.91 Å². The molecule has 140 valence electrons. The molecule has 1 aliphatic rings. The third-order valence-electron chi connectivity index (χ3n) is 3.58. The normalized spacial score (nSPS) is 17.5. The predicted molar refractivity (Wildman–Crippen MR) is 95.4 cm³/mol. The zero-order chi connectivity index (χ0) is 18.3. The number of ether oxygens (including phenoxy) is 2. The van der Waals surface area contributed by atoms with Gasteiger partial charge in [-0.1, -0.05) is 0 Å². The number of amides is 2. The first kappa shape index (κ1) is 19.8. The first-order valence-corrected chi connectivity index (χ1v) is 9.50. The zero-order valence-corrected chi connectivity index (χ0v) is 15.9. The monoisotopic (exact) mass is 369 g/mol. The zero-order valence-electron chi connectivity index (χ0n) is 15.1. The lowest BCUT2D eigenvalue weighted by Gasteiger charge is -2.27. The van der Waals surface area contributed by atoms with Crippen LogP contribution in [-0.2, 0) is 20.8 Å². The molecule has 0 aromatic carbocycles. The molecule has 0 spiro atoms. The summed E-state index contributed by atoms with van der Waals surface area (Å²) in [5.74, 6) is -0.299. The molecule has 1 fully saturated rings. The second-order valence-electron chi connectivity index (χ2n) is 6.93. The van der Waals surface area contributed by atoms with Crippen LogP contribution in [0.5, 0.6) is 0 Å². The molecular formula is C17H27N3O4S. The Bertz CT molecular complexity index is 551. The maximum absolute atomic E-state index is 12.6. The van der Waals surface area contributed by atoms with Crippen LogP contribution in [0.4, 0.5) is 4.79 Å². The molecule has 7 nitrogen and oxygen atoms in total. The maximum Gasteiger partial charge on any atom is 0.417 e. The predicted octanol–water partition coefficient (Wildman–Crippen LogP) is 2.57. The van der Waals surface area contributed by atoms with Crippen molar-refractivity contribution < 1.29 is 19.1 Å². The number of aromatic nitrogens is 1. The Morgan fingerprint density at radius 1 is 1.48 bits per heavy atom. The van der Waals surface area contributed by atoms with E-state index in [1.807, 2.05) is 5.38 Å². The largest absolute Gasteiger partial charge is 0.443 e. The van der Waals surface area contributed by atoms with Crippen LogP contribution in [0.25, 0.3) is 0 Å². The van der Waals surface area contributed by atoms with Crippen molar-refractivity contribution in [2.45, 2.75) is 58.3 Å². The molecule has 1 aromatic rings. The van der Waals surface area contributed by atoms with Gasteiger partial charge in [-0.05, 0) is 46.6 Å². The average Bonchev–Trinajstić information content (AvgIpc) is 3.21. The van der Waals surface area contributed by atoms with Crippen LogP contribution in [-0.4, -0.2) is 53.3 Å².